The van der Waals surface area contributed by atoms with Gasteiger partial charge in [-0.25, -0.2) is 0 Å². The maximum atomic E-state index is 13.1. The first-order valence-electron chi connectivity index (χ1n) is 28.6. The van der Waals surface area contributed by atoms with Crippen molar-refractivity contribution in [3.63, 3.8) is 0 Å². The molecule has 1 aliphatic rings. The second-order valence-electron chi connectivity index (χ2n) is 22.3. The van der Waals surface area contributed by atoms with Crippen LogP contribution < -0.4 is 0 Å². The van der Waals surface area contributed by atoms with Gasteiger partial charge >= 0.3 is 0 Å². The minimum Gasteiger partial charge on any atom is -0.289 e. The Morgan fingerprint density at radius 1 is 0.301 bits per heavy atom. The lowest BCUT2D eigenvalue weighted by molar-refractivity contribution is 0.0973. The number of ketones is 2. The summed E-state index contributed by atoms with van der Waals surface area (Å²) < 4.78 is 0. The molecule has 0 unspecified atom stereocenters. The molecule has 0 aliphatic heterocycles. The predicted octanol–water partition coefficient (Wildman–Crippen LogP) is 22.7. The van der Waals surface area contributed by atoms with Crippen LogP contribution in [0.3, 0.4) is 0 Å². The number of carbonyl (C=O) groups is 2. The minimum atomic E-state index is -0.0234. The summed E-state index contributed by atoms with van der Waals surface area (Å²) in [4.78, 5) is 25.9. The average molecular weight is 990 g/mol. The van der Waals surface area contributed by atoms with Crippen molar-refractivity contribution in [2.75, 3.05) is 0 Å². The summed E-state index contributed by atoms with van der Waals surface area (Å²) in [5, 5.41) is 0. The standard InChI is InChI=1S/C71H104O2/c1-54(2)28-17-29-55(3)30-18-31-56(4)32-19-33-57(5)34-20-35-58(6)36-21-37-59(7)38-22-39-60(8)40-23-41-61(9)42-24-43-62(10)44-25-45-63(11)46-26-47-64(12)48-27-49-65(13)52-53-67-66(14)70(72)68-50-15-16-51-69(68)71(67)73/h15-16,28,30,32,34,36,38,40,42,44,46,48,50-52H,17-27,29,31,33,35,37,39,41,43,45,47,49,53H2,1-14H3/b55-30+,56-32+,57-34+,58-36+,59-38+,60-40+,61-42+,62-44+,63-46+,64-48+,65-52+. The first-order chi connectivity index (χ1) is 34.9. The number of Topliss-reactive ketones (excluding diaryl/α,β-unsaturated/α-hetero) is 2. The zero-order valence-corrected chi connectivity index (χ0v) is 49.3. The molecule has 0 bridgehead atoms. The third-order valence-corrected chi connectivity index (χ3v) is 14.5. The van der Waals surface area contributed by atoms with E-state index in [0.717, 1.165) is 116 Å². The molecule has 0 spiro atoms. The lowest BCUT2D eigenvalue weighted by Gasteiger charge is -2.18. The molecule has 0 heterocycles. The van der Waals surface area contributed by atoms with E-state index in [4.69, 9.17) is 0 Å². The fourth-order valence-corrected chi connectivity index (χ4v) is 9.25. The molecule has 0 amide bonds. The number of allylic oxidation sites excluding steroid dienone is 26. The van der Waals surface area contributed by atoms with Crippen molar-refractivity contribution in [3.8, 4) is 0 Å². The van der Waals surface area contributed by atoms with Gasteiger partial charge in [0.05, 0.1) is 0 Å². The summed E-state index contributed by atoms with van der Waals surface area (Å²) in [5.74, 6) is -0.0324. The smallest absolute Gasteiger partial charge is 0.190 e. The first kappa shape index (κ1) is 64.3. The second kappa shape index (κ2) is 37.8. The third-order valence-electron chi connectivity index (χ3n) is 14.5. The van der Waals surface area contributed by atoms with Gasteiger partial charge in [0, 0.05) is 22.3 Å². The van der Waals surface area contributed by atoms with E-state index in [9.17, 15) is 9.59 Å². The van der Waals surface area contributed by atoms with E-state index in [1.54, 1.807) is 19.1 Å². The van der Waals surface area contributed by atoms with Gasteiger partial charge in [-0.2, -0.15) is 0 Å². The van der Waals surface area contributed by atoms with E-state index < -0.39 is 0 Å². The highest BCUT2D eigenvalue weighted by Crippen LogP contribution is 2.29. The van der Waals surface area contributed by atoms with Gasteiger partial charge in [0.15, 0.2) is 11.6 Å². The summed E-state index contributed by atoms with van der Waals surface area (Å²) >= 11 is 0. The molecule has 73 heavy (non-hydrogen) atoms. The summed E-state index contributed by atoms with van der Waals surface area (Å²) in [7, 11) is 0. The van der Waals surface area contributed by atoms with Gasteiger partial charge in [0.1, 0.15) is 0 Å². The molecule has 0 N–H and O–H groups in total. The number of rotatable bonds is 35. The Kier molecular flexibility index (Phi) is 33.3. The van der Waals surface area contributed by atoms with Gasteiger partial charge in [-0.05, 0) is 245 Å². The van der Waals surface area contributed by atoms with Gasteiger partial charge in [0.25, 0.3) is 0 Å². The topological polar surface area (TPSA) is 34.1 Å². The molecule has 1 aromatic rings. The molecule has 2 heteroatoms. The van der Waals surface area contributed by atoms with Crippen LogP contribution in [0.4, 0.5) is 0 Å². The molecule has 0 atom stereocenters. The zero-order valence-electron chi connectivity index (χ0n) is 49.3. The van der Waals surface area contributed by atoms with Gasteiger partial charge in [-0.3, -0.25) is 9.59 Å². The van der Waals surface area contributed by atoms with Crippen molar-refractivity contribution in [2.45, 2.75) is 245 Å². The van der Waals surface area contributed by atoms with Crippen LogP contribution in [-0.4, -0.2) is 11.6 Å². The maximum Gasteiger partial charge on any atom is 0.190 e. The van der Waals surface area contributed by atoms with E-state index in [1.165, 1.54) is 92.6 Å². The number of hydrogen-bond acceptors (Lipinski definition) is 2. The summed E-state index contributed by atoms with van der Waals surface area (Å²) in [5.41, 5.74) is 20.0. The Hall–Kier alpha value is -4.82. The van der Waals surface area contributed by atoms with E-state index >= 15 is 0 Å². The van der Waals surface area contributed by atoms with E-state index in [1.807, 2.05) is 12.1 Å². The largest absolute Gasteiger partial charge is 0.289 e. The van der Waals surface area contributed by atoms with Crippen LogP contribution >= 0.6 is 0 Å². The first-order valence-corrected chi connectivity index (χ1v) is 28.6. The fraction of sp³-hybridized carbons (Fsp3) is 0.521. The monoisotopic (exact) mass is 989 g/mol. The second-order valence-corrected chi connectivity index (χ2v) is 22.3. The van der Waals surface area contributed by atoms with Gasteiger partial charge in [-0.1, -0.05) is 164 Å². The molecule has 400 valence electrons. The molecular formula is C71H104O2. The summed E-state index contributed by atoms with van der Waals surface area (Å²) in [6.45, 7) is 31.2. The average Bonchev–Trinajstić information content (AvgIpc) is 3.33. The Balaban J connectivity index is 1.56. The molecular weight excluding hydrogens is 885 g/mol. The van der Waals surface area contributed by atoms with Gasteiger partial charge in [-0.15, -0.1) is 0 Å². The van der Waals surface area contributed by atoms with Crippen LogP contribution in [0.5, 0.6) is 0 Å². The van der Waals surface area contributed by atoms with Gasteiger partial charge in [0.2, 0.25) is 0 Å². The van der Waals surface area contributed by atoms with Crippen molar-refractivity contribution < 1.29 is 9.59 Å². The zero-order chi connectivity index (χ0) is 54.0. The van der Waals surface area contributed by atoms with E-state index in [2.05, 4.69) is 163 Å². The molecule has 0 aromatic heterocycles. The predicted molar refractivity (Wildman–Crippen MR) is 325 cm³/mol. The number of hydrogen-bond donors (Lipinski definition) is 0. The van der Waals surface area contributed by atoms with E-state index in [-0.39, 0.29) is 11.6 Å². The van der Waals surface area contributed by atoms with Crippen LogP contribution in [0.15, 0.2) is 175 Å². The Labute approximate surface area is 450 Å². The quantitative estimate of drug-likeness (QED) is 0.0635. The van der Waals surface area contributed by atoms with Gasteiger partial charge < -0.3 is 0 Å². The van der Waals surface area contributed by atoms with Crippen LogP contribution in [0, 0.1) is 0 Å². The molecule has 0 saturated carbocycles. The van der Waals surface area contributed by atoms with Crippen molar-refractivity contribution in [2.24, 2.45) is 0 Å². The van der Waals surface area contributed by atoms with E-state index in [0.29, 0.717) is 28.7 Å². The van der Waals surface area contributed by atoms with Crippen LogP contribution in [0.25, 0.3) is 0 Å². The maximum absolute atomic E-state index is 13.1. The lowest BCUT2D eigenvalue weighted by Crippen LogP contribution is -2.20. The Bertz CT molecular complexity index is 2310. The summed E-state index contributed by atoms with van der Waals surface area (Å²) in [6, 6.07) is 7.17. The van der Waals surface area contributed by atoms with Crippen molar-refractivity contribution in [3.05, 3.63) is 186 Å². The number of carbonyl (C=O) groups excluding carboxylic acids is 2. The van der Waals surface area contributed by atoms with Crippen LogP contribution in [0.1, 0.15) is 265 Å². The van der Waals surface area contributed by atoms with Crippen LogP contribution in [-0.2, 0) is 0 Å². The molecule has 1 aromatic carbocycles. The highest BCUT2D eigenvalue weighted by molar-refractivity contribution is 6.26. The SMILES string of the molecule is CC(C)=CCC/C(C)=C/CC/C(C)=C/CC/C(C)=C/CC/C(C)=C/CC/C(C)=C/CC/C(C)=C/CC/C(C)=C/CC/C(C)=C/CC/C(C)=C/CC/C(C)=C/CC/C(C)=C/CC1=C(C)C(=O)c2ccccc2C1=O. The lowest BCUT2D eigenvalue weighted by atomic mass is 9.83. The van der Waals surface area contributed by atoms with Crippen molar-refractivity contribution >= 4 is 11.6 Å². The molecule has 1 aliphatic carbocycles. The highest BCUT2D eigenvalue weighted by atomic mass is 16.1. The Morgan fingerprint density at radius 2 is 0.507 bits per heavy atom. The molecule has 2 nitrogen and oxygen atoms in total. The molecule has 2 rings (SSSR count). The normalized spacial score (nSPS) is 15.5. The molecule has 0 fully saturated rings. The third kappa shape index (κ3) is 30.2. The van der Waals surface area contributed by atoms with Crippen molar-refractivity contribution in [1.29, 1.82) is 0 Å². The number of fused-ring (bicyclic) bond motifs is 1. The molecule has 0 radical (unpaired) electrons. The minimum absolute atomic E-state index is 0.00898. The summed E-state index contributed by atoms with van der Waals surface area (Å²) in [6.07, 6.45) is 54.3. The highest BCUT2D eigenvalue weighted by Gasteiger charge is 2.28. The van der Waals surface area contributed by atoms with Crippen LogP contribution in [0.2, 0.25) is 0 Å². The van der Waals surface area contributed by atoms with Crippen molar-refractivity contribution in [1.82, 2.24) is 0 Å². The number of benzene rings is 1. The molecule has 0 saturated heterocycles. The fourth-order valence-electron chi connectivity index (χ4n) is 9.25. The Morgan fingerprint density at radius 3 is 0.740 bits per heavy atom.